The lowest BCUT2D eigenvalue weighted by molar-refractivity contribution is 0.423. The minimum Gasteiger partial charge on any atom is -0.350 e. The Balaban J connectivity index is 2.11. The second kappa shape index (κ2) is 5.16. The van der Waals surface area contributed by atoms with Gasteiger partial charge in [0.15, 0.2) is 0 Å². The minimum atomic E-state index is -0.461. The first-order valence-electron chi connectivity index (χ1n) is 5.74. The predicted octanol–water partition coefficient (Wildman–Crippen LogP) is 3.44. The van der Waals surface area contributed by atoms with Crippen molar-refractivity contribution in [2.45, 2.75) is 26.8 Å². The highest BCUT2D eigenvalue weighted by Gasteiger charge is 2.11. The van der Waals surface area contributed by atoms with Gasteiger partial charge >= 0.3 is 0 Å². The number of anilines is 1. The minimum absolute atomic E-state index is 0.156. The van der Waals surface area contributed by atoms with E-state index in [1.54, 1.807) is 0 Å². The molecule has 1 aromatic carbocycles. The van der Waals surface area contributed by atoms with E-state index in [-0.39, 0.29) is 12.1 Å². The summed E-state index contributed by atoms with van der Waals surface area (Å²) in [6.07, 6.45) is 0.769. The second-order valence-corrected chi connectivity index (χ2v) is 4.03. The summed E-state index contributed by atoms with van der Waals surface area (Å²) in [6.45, 7) is 4.00. The van der Waals surface area contributed by atoms with Gasteiger partial charge in [-0.3, -0.25) is 0 Å². The normalized spacial score (nSPS) is 10.7. The first-order valence-corrected chi connectivity index (χ1v) is 5.74. The molecular weight excluding hydrogens is 238 g/mol. The summed E-state index contributed by atoms with van der Waals surface area (Å²) in [5, 5.41) is 6.80. The Labute approximate surface area is 104 Å². The second-order valence-electron chi connectivity index (χ2n) is 4.03. The third-order valence-corrected chi connectivity index (χ3v) is 2.80. The van der Waals surface area contributed by atoms with E-state index in [9.17, 15) is 8.78 Å². The van der Waals surface area contributed by atoms with Crippen molar-refractivity contribution in [2.24, 2.45) is 0 Å². The quantitative estimate of drug-likeness (QED) is 0.905. The van der Waals surface area contributed by atoms with Crippen molar-refractivity contribution in [3.8, 4) is 0 Å². The number of aromatic nitrogens is 1. The van der Waals surface area contributed by atoms with Crippen LogP contribution in [0.25, 0.3) is 0 Å². The molecule has 3 nitrogen and oxygen atoms in total. The first kappa shape index (κ1) is 12.5. The SMILES string of the molecule is CCc1noc(NCc2cc(F)ccc2F)c1C. The van der Waals surface area contributed by atoms with E-state index in [0.717, 1.165) is 35.9 Å². The van der Waals surface area contributed by atoms with Gasteiger partial charge in [-0.05, 0) is 31.5 Å². The zero-order valence-corrected chi connectivity index (χ0v) is 10.3. The van der Waals surface area contributed by atoms with Crippen LogP contribution in [0.3, 0.4) is 0 Å². The maximum atomic E-state index is 13.4. The molecule has 96 valence electrons. The average molecular weight is 252 g/mol. The van der Waals surface area contributed by atoms with Crippen LogP contribution in [-0.4, -0.2) is 5.16 Å². The van der Waals surface area contributed by atoms with Gasteiger partial charge in [-0.15, -0.1) is 0 Å². The van der Waals surface area contributed by atoms with E-state index < -0.39 is 11.6 Å². The smallest absolute Gasteiger partial charge is 0.228 e. The number of hydrogen-bond donors (Lipinski definition) is 1. The summed E-state index contributed by atoms with van der Waals surface area (Å²) >= 11 is 0. The lowest BCUT2D eigenvalue weighted by Gasteiger charge is -2.05. The van der Waals surface area contributed by atoms with Gasteiger partial charge in [-0.25, -0.2) is 8.78 Å². The maximum absolute atomic E-state index is 13.4. The molecule has 1 heterocycles. The Morgan fingerprint density at radius 3 is 2.78 bits per heavy atom. The standard InChI is InChI=1S/C13H14F2N2O/c1-3-12-8(2)13(18-17-12)16-7-9-6-10(14)4-5-11(9)15/h4-6,16H,3,7H2,1-2H3. The Kier molecular flexibility index (Phi) is 3.60. The Morgan fingerprint density at radius 2 is 2.11 bits per heavy atom. The third kappa shape index (κ3) is 2.50. The molecule has 2 aromatic rings. The van der Waals surface area contributed by atoms with Crippen LogP contribution in [0.15, 0.2) is 22.7 Å². The molecule has 0 unspecified atom stereocenters. The Bertz CT molecular complexity index is 552. The number of nitrogens with zero attached hydrogens (tertiary/aromatic N) is 1. The molecule has 0 amide bonds. The van der Waals surface area contributed by atoms with Gasteiger partial charge in [0.2, 0.25) is 5.88 Å². The van der Waals surface area contributed by atoms with Crippen molar-refractivity contribution >= 4 is 5.88 Å². The molecule has 2 rings (SSSR count). The maximum Gasteiger partial charge on any atom is 0.228 e. The van der Waals surface area contributed by atoms with Crippen LogP contribution in [0.4, 0.5) is 14.7 Å². The lowest BCUT2D eigenvalue weighted by atomic mass is 10.2. The zero-order valence-electron chi connectivity index (χ0n) is 10.3. The summed E-state index contributed by atoms with van der Waals surface area (Å²) in [7, 11) is 0. The number of nitrogens with one attached hydrogen (secondary N) is 1. The Hall–Kier alpha value is -1.91. The fraction of sp³-hybridized carbons (Fsp3) is 0.308. The molecule has 0 aliphatic rings. The Morgan fingerprint density at radius 1 is 1.33 bits per heavy atom. The molecule has 0 aliphatic heterocycles. The molecule has 0 saturated carbocycles. The summed E-state index contributed by atoms with van der Waals surface area (Å²) in [5.74, 6) is -0.413. The van der Waals surface area contributed by atoms with Crippen molar-refractivity contribution in [2.75, 3.05) is 5.32 Å². The molecule has 1 N–H and O–H groups in total. The van der Waals surface area contributed by atoms with E-state index in [0.29, 0.717) is 5.88 Å². The van der Waals surface area contributed by atoms with E-state index in [4.69, 9.17) is 4.52 Å². The molecular formula is C13H14F2N2O. The van der Waals surface area contributed by atoms with Gasteiger partial charge in [0, 0.05) is 17.7 Å². The molecule has 1 aromatic heterocycles. The van der Waals surface area contributed by atoms with Crippen LogP contribution in [0, 0.1) is 18.6 Å². The van der Waals surface area contributed by atoms with Crippen molar-refractivity contribution in [3.63, 3.8) is 0 Å². The largest absolute Gasteiger partial charge is 0.350 e. The van der Waals surface area contributed by atoms with Crippen LogP contribution in [0.2, 0.25) is 0 Å². The number of rotatable bonds is 4. The highest BCUT2D eigenvalue weighted by molar-refractivity contribution is 5.43. The number of benzene rings is 1. The number of aryl methyl sites for hydroxylation is 1. The summed E-state index contributed by atoms with van der Waals surface area (Å²) < 4.78 is 31.5. The van der Waals surface area contributed by atoms with Gasteiger partial charge in [0.05, 0.1) is 5.69 Å². The molecule has 0 bridgehead atoms. The number of halogens is 2. The van der Waals surface area contributed by atoms with Crippen LogP contribution in [0.5, 0.6) is 0 Å². The molecule has 5 heteroatoms. The lowest BCUT2D eigenvalue weighted by Crippen LogP contribution is -2.02. The molecule has 18 heavy (non-hydrogen) atoms. The van der Waals surface area contributed by atoms with E-state index in [2.05, 4.69) is 10.5 Å². The zero-order chi connectivity index (χ0) is 13.1. The summed E-state index contributed by atoms with van der Waals surface area (Å²) in [5.41, 5.74) is 2.01. The predicted molar refractivity (Wildman–Crippen MR) is 64.3 cm³/mol. The molecule has 0 spiro atoms. The van der Waals surface area contributed by atoms with E-state index >= 15 is 0 Å². The van der Waals surface area contributed by atoms with Crippen LogP contribution < -0.4 is 5.32 Å². The van der Waals surface area contributed by atoms with Crippen molar-refractivity contribution in [1.29, 1.82) is 0 Å². The van der Waals surface area contributed by atoms with Gasteiger partial charge in [0.1, 0.15) is 11.6 Å². The highest BCUT2D eigenvalue weighted by atomic mass is 19.1. The van der Waals surface area contributed by atoms with E-state index in [1.165, 1.54) is 0 Å². The van der Waals surface area contributed by atoms with Crippen LogP contribution in [-0.2, 0) is 13.0 Å². The van der Waals surface area contributed by atoms with Gasteiger partial charge < -0.3 is 9.84 Å². The highest BCUT2D eigenvalue weighted by Crippen LogP contribution is 2.20. The summed E-state index contributed by atoms with van der Waals surface area (Å²) in [4.78, 5) is 0. The van der Waals surface area contributed by atoms with Crippen LogP contribution >= 0.6 is 0 Å². The monoisotopic (exact) mass is 252 g/mol. The average Bonchev–Trinajstić information content (AvgIpc) is 2.71. The first-order chi connectivity index (χ1) is 8.61. The molecule has 0 atom stereocenters. The van der Waals surface area contributed by atoms with Gasteiger partial charge in [0.25, 0.3) is 0 Å². The van der Waals surface area contributed by atoms with Crippen molar-refractivity contribution < 1.29 is 13.3 Å². The molecule has 0 saturated heterocycles. The van der Waals surface area contributed by atoms with Gasteiger partial charge in [-0.2, -0.15) is 0 Å². The third-order valence-electron chi connectivity index (χ3n) is 2.80. The molecule has 0 aliphatic carbocycles. The van der Waals surface area contributed by atoms with E-state index in [1.807, 2.05) is 13.8 Å². The fourth-order valence-corrected chi connectivity index (χ4v) is 1.72. The van der Waals surface area contributed by atoms with Gasteiger partial charge in [-0.1, -0.05) is 12.1 Å². The summed E-state index contributed by atoms with van der Waals surface area (Å²) in [6, 6.07) is 3.36. The number of hydrogen-bond acceptors (Lipinski definition) is 3. The molecule has 0 radical (unpaired) electrons. The molecule has 0 fully saturated rings. The van der Waals surface area contributed by atoms with Crippen LogP contribution in [0.1, 0.15) is 23.7 Å². The fourth-order valence-electron chi connectivity index (χ4n) is 1.72. The van der Waals surface area contributed by atoms with Crippen molar-refractivity contribution in [1.82, 2.24) is 5.16 Å². The topological polar surface area (TPSA) is 38.1 Å². The van der Waals surface area contributed by atoms with Crippen molar-refractivity contribution in [3.05, 3.63) is 46.7 Å².